The molecule has 1 saturated heterocycles. The number of carbonyl (C=O) groups excluding carboxylic acids is 1. The van der Waals surface area contributed by atoms with E-state index in [4.69, 9.17) is 4.74 Å². The van der Waals surface area contributed by atoms with Crippen LogP contribution in [-0.4, -0.2) is 48.2 Å². The van der Waals surface area contributed by atoms with E-state index in [0.29, 0.717) is 24.1 Å². The van der Waals surface area contributed by atoms with E-state index >= 15 is 0 Å². The monoisotopic (exact) mass is 438 g/mol. The van der Waals surface area contributed by atoms with E-state index in [0.717, 1.165) is 22.8 Å². The Labute approximate surface area is 176 Å². The number of nitrogens with zero attached hydrogens (tertiary/aromatic N) is 2. The summed E-state index contributed by atoms with van der Waals surface area (Å²) in [6.45, 7) is 4.13. The van der Waals surface area contributed by atoms with Gasteiger partial charge in [-0.15, -0.1) is 0 Å². The van der Waals surface area contributed by atoms with Gasteiger partial charge in [-0.25, -0.2) is 9.18 Å². The van der Waals surface area contributed by atoms with Gasteiger partial charge in [0.15, 0.2) is 0 Å². The number of aromatic nitrogens is 2. The highest BCUT2D eigenvalue weighted by Crippen LogP contribution is 2.34. The molecule has 164 valence electrons. The molecule has 0 radical (unpaired) electrons. The maximum Gasteiger partial charge on any atom is 0.424 e. The molecule has 1 saturated carbocycles. The number of ether oxygens (including phenoxy) is 1. The van der Waals surface area contributed by atoms with Crippen molar-refractivity contribution in [2.45, 2.75) is 51.5 Å². The first kappa shape index (κ1) is 22.2. The number of nitrogens with one attached hydrogen (secondary N) is 2. The second-order valence-electron chi connectivity index (χ2n) is 7.08. The summed E-state index contributed by atoms with van der Waals surface area (Å²) in [4.78, 5) is 11.5. The van der Waals surface area contributed by atoms with Crippen molar-refractivity contribution in [1.29, 1.82) is 0 Å². The molecule has 8 nitrogen and oxygen atoms in total. The Balaban J connectivity index is 0.00000124. The van der Waals surface area contributed by atoms with Gasteiger partial charge < -0.3 is 4.74 Å². The number of benzene rings is 1. The Kier molecular flexibility index (Phi) is 7.09. The van der Waals surface area contributed by atoms with Crippen LogP contribution in [0.4, 0.5) is 9.18 Å². The molecule has 10 heteroatoms. The highest BCUT2D eigenvalue weighted by atomic mass is 32.2. The van der Waals surface area contributed by atoms with Crippen LogP contribution in [0.3, 0.4) is 0 Å². The van der Waals surface area contributed by atoms with Crippen LogP contribution in [0.25, 0.3) is 11.3 Å². The van der Waals surface area contributed by atoms with Gasteiger partial charge in [-0.2, -0.15) is 22.5 Å². The van der Waals surface area contributed by atoms with E-state index in [1.165, 1.54) is 12.1 Å². The first-order valence-corrected chi connectivity index (χ1v) is 11.6. The van der Waals surface area contributed by atoms with Crippen molar-refractivity contribution in [3.05, 3.63) is 41.8 Å². The molecule has 0 unspecified atom stereocenters. The third kappa shape index (κ3) is 4.99. The molecular weight excluding hydrogens is 411 g/mol. The van der Waals surface area contributed by atoms with Gasteiger partial charge in [0.2, 0.25) is 0 Å². The third-order valence-corrected chi connectivity index (χ3v) is 6.76. The zero-order valence-corrected chi connectivity index (χ0v) is 17.9. The summed E-state index contributed by atoms with van der Waals surface area (Å²) in [7, 11) is -3.87. The van der Waals surface area contributed by atoms with Crippen molar-refractivity contribution in [2.24, 2.45) is 0 Å². The summed E-state index contributed by atoms with van der Waals surface area (Å²) < 4.78 is 46.1. The van der Waals surface area contributed by atoms with Crippen molar-refractivity contribution in [3.63, 3.8) is 0 Å². The maximum absolute atomic E-state index is 13.4. The lowest BCUT2D eigenvalue weighted by Crippen LogP contribution is -2.46. The quantitative estimate of drug-likeness (QED) is 0.743. The predicted octanol–water partition coefficient (Wildman–Crippen LogP) is 3.55. The molecule has 1 amide bonds. The largest absolute Gasteiger partial charge is 0.447 e. The molecule has 0 spiro atoms. The summed E-state index contributed by atoms with van der Waals surface area (Å²) in [5.74, 6) is -0.0796. The highest BCUT2D eigenvalue weighted by molar-refractivity contribution is 7.87. The van der Waals surface area contributed by atoms with Gasteiger partial charge in [-0.05, 0) is 43.9 Å². The molecule has 2 aliphatic rings. The lowest BCUT2D eigenvalue weighted by molar-refractivity contribution is 0.169. The molecule has 0 bridgehead atoms. The number of halogens is 1. The predicted molar refractivity (Wildman–Crippen MR) is 110 cm³/mol. The smallest absolute Gasteiger partial charge is 0.424 e. The van der Waals surface area contributed by atoms with Gasteiger partial charge in [0.05, 0.1) is 12.2 Å². The van der Waals surface area contributed by atoms with Gasteiger partial charge in [0.25, 0.3) is 0 Å². The zero-order chi connectivity index (χ0) is 21.7. The molecule has 2 aromatic rings. The highest BCUT2D eigenvalue weighted by Gasteiger charge is 2.36. The minimum absolute atomic E-state index is 0.0422. The fraction of sp³-hybridized carbons (Fsp3) is 0.500. The molecule has 30 heavy (non-hydrogen) atoms. The summed E-state index contributed by atoms with van der Waals surface area (Å²) in [5, 5.41) is 7.31. The van der Waals surface area contributed by atoms with Gasteiger partial charge in [0.1, 0.15) is 12.4 Å². The Morgan fingerprint density at radius 3 is 2.57 bits per heavy atom. The number of rotatable bonds is 5. The molecular formula is C20H27FN4O4S. The molecule has 2 fully saturated rings. The van der Waals surface area contributed by atoms with Crippen molar-refractivity contribution in [3.8, 4) is 11.3 Å². The summed E-state index contributed by atoms with van der Waals surface area (Å²) >= 11 is 0. The molecule has 1 aromatic heterocycles. The van der Waals surface area contributed by atoms with Crippen LogP contribution in [0.2, 0.25) is 0 Å². The van der Waals surface area contributed by atoms with Gasteiger partial charge in [0, 0.05) is 23.2 Å². The number of H-pyrrole nitrogens is 1. The molecule has 2 N–H and O–H groups in total. The standard InChI is InChI=1S/C18H21FN4O4S.C2H6/c19-14-3-1-2-13(10-14)17-11-16(20-21-17)12-4-6-15(7-5-12)22-28(25,26)23-8-9-27-18(23)24;1-2/h1-3,10-12,15,22H,4-9H2,(H,20,21);1-2H3. The lowest BCUT2D eigenvalue weighted by Gasteiger charge is -2.29. The van der Waals surface area contributed by atoms with Crippen LogP contribution < -0.4 is 4.72 Å². The van der Waals surface area contributed by atoms with Crippen molar-refractivity contribution < 1.29 is 22.3 Å². The van der Waals surface area contributed by atoms with Crippen LogP contribution in [0, 0.1) is 5.82 Å². The van der Waals surface area contributed by atoms with E-state index < -0.39 is 16.3 Å². The average molecular weight is 439 g/mol. The first-order valence-electron chi connectivity index (χ1n) is 10.2. The number of cyclic esters (lactones) is 1. The summed E-state index contributed by atoms with van der Waals surface area (Å²) in [5.41, 5.74) is 2.36. The average Bonchev–Trinajstić information content (AvgIpc) is 3.40. The van der Waals surface area contributed by atoms with E-state index in [2.05, 4.69) is 14.9 Å². The number of aromatic amines is 1. The van der Waals surface area contributed by atoms with Crippen LogP contribution in [0.15, 0.2) is 30.3 Å². The van der Waals surface area contributed by atoms with Gasteiger partial charge >= 0.3 is 16.3 Å². The first-order chi connectivity index (χ1) is 14.4. The van der Waals surface area contributed by atoms with E-state index in [-0.39, 0.29) is 30.9 Å². The van der Waals surface area contributed by atoms with Crippen molar-refractivity contribution in [1.82, 2.24) is 19.2 Å². The van der Waals surface area contributed by atoms with E-state index in [9.17, 15) is 17.6 Å². The number of amides is 1. The number of hydrogen-bond donors (Lipinski definition) is 2. The number of hydrogen-bond acceptors (Lipinski definition) is 5. The van der Waals surface area contributed by atoms with Crippen LogP contribution in [0.1, 0.15) is 51.1 Å². The normalized spacial score (nSPS) is 21.7. The van der Waals surface area contributed by atoms with Crippen molar-refractivity contribution in [2.75, 3.05) is 13.2 Å². The SMILES string of the molecule is CC.O=C1OCCN1S(=O)(=O)NC1CCC(c2cc(-c3cccc(F)c3)n[nH]2)CC1. The molecule has 2 heterocycles. The molecule has 0 atom stereocenters. The molecule has 1 aromatic carbocycles. The Bertz CT molecular complexity index is 971. The van der Waals surface area contributed by atoms with Gasteiger partial charge in [-0.3, -0.25) is 5.10 Å². The van der Waals surface area contributed by atoms with E-state index in [1.54, 1.807) is 12.1 Å². The molecule has 1 aliphatic heterocycles. The van der Waals surface area contributed by atoms with Gasteiger partial charge in [-0.1, -0.05) is 26.0 Å². The summed E-state index contributed by atoms with van der Waals surface area (Å²) in [6.07, 6.45) is 2.04. The molecule has 1 aliphatic carbocycles. The molecule has 4 rings (SSSR count). The second kappa shape index (κ2) is 9.57. The van der Waals surface area contributed by atoms with Crippen LogP contribution >= 0.6 is 0 Å². The fourth-order valence-corrected chi connectivity index (χ4v) is 5.08. The van der Waals surface area contributed by atoms with Crippen LogP contribution in [0.5, 0.6) is 0 Å². The van der Waals surface area contributed by atoms with Crippen LogP contribution in [-0.2, 0) is 14.9 Å². The summed E-state index contributed by atoms with van der Waals surface area (Å²) in [6, 6.07) is 7.98. The minimum Gasteiger partial charge on any atom is -0.447 e. The topological polar surface area (TPSA) is 104 Å². The lowest BCUT2D eigenvalue weighted by atomic mass is 9.84. The fourth-order valence-electron chi connectivity index (χ4n) is 3.74. The Morgan fingerprint density at radius 1 is 1.20 bits per heavy atom. The minimum atomic E-state index is -3.87. The van der Waals surface area contributed by atoms with Crippen molar-refractivity contribution >= 4 is 16.3 Å². The Hall–Kier alpha value is -2.46. The zero-order valence-electron chi connectivity index (χ0n) is 17.1. The number of carbonyl (C=O) groups is 1. The third-order valence-electron chi connectivity index (χ3n) is 5.21. The maximum atomic E-state index is 13.4. The Morgan fingerprint density at radius 2 is 1.93 bits per heavy atom. The van der Waals surface area contributed by atoms with E-state index in [1.807, 2.05) is 19.9 Å². The second-order valence-corrected chi connectivity index (χ2v) is 8.70.